The lowest BCUT2D eigenvalue weighted by molar-refractivity contribution is -0.00514. The number of benzene rings is 11. The van der Waals surface area contributed by atoms with Crippen LogP contribution in [0.1, 0.15) is 44.1 Å². The second kappa shape index (κ2) is 18.6. The molecule has 4 bridgehead atoms. The van der Waals surface area contributed by atoms with Crippen molar-refractivity contribution in [3.8, 4) is 66.8 Å². The molecule has 6 aliphatic rings. The second-order valence-electron chi connectivity index (χ2n) is 23.4. The molecule has 79 heavy (non-hydrogen) atoms. The SMILES string of the molecule is c1ccc(-c2ccc3c(c2)B2c4cc(-c5ccccc5)ccc4N(c4c(-c5ccccc5)cccc4-c4ccccc4)c4cc(C56CC7CC(CC(C7)C5)C6)cc(c42)N3c2c(-c3ccccc3)cccc2-c2ccccc2)cc1. The highest BCUT2D eigenvalue weighted by molar-refractivity contribution is 7.00. The molecule has 11 aromatic rings. The first-order chi connectivity index (χ1) is 39.1. The van der Waals surface area contributed by atoms with Gasteiger partial charge in [0.2, 0.25) is 0 Å². The normalized spacial score (nSPS) is 19.2. The van der Waals surface area contributed by atoms with E-state index in [9.17, 15) is 0 Å². The predicted molar refractivity (Wildman–Crippen MR) is 333 cm³/mol. The maximum atomic E-state index is 2.75. The maximum absolute atomic E-state index is 2.75. The van der Waals surface area contributed by atoms with Crippen molar-refractivity contribution in [1.29, 1.82) is 0 Å². The van der Waals surface area contributed by atoms with E-state index in [0.29, 0.717) is 0 Å². The lowest BCUT2D eigenvalue weighted by Crippen LogP contribution is -2.61. The van der Waals surface area contributed by atoms with Crippen LogP contribution >= 0.6 is 0 Å². The van der Waals surface area contributed by atoms with Crippen molar-refractivity contribution in [3.63, 3.8) is 0 Å². The molecule has 0 amide bonds. The van der Waals surface area contributed by atoms with Crippen molar-refractivity contribution in [2.75, 3.05) is 9.80 Å². The highest BCUT2D eigenvalue weighted by atomic mass is 15.2. The van der Waals surface area contributed by atoms with E-state index in [1.54, 1.807) is 0 Å². The molecule has 0 aromatic heterocycles. The van der Waals surface area contributed by atoms with E-state index in [1.807, 2.05) is 0 Å². The number of hydrogen-bond donors (Lipinski definition) is 0. The lowest BCUT2D eigenvalue weighted by atomic mass is 9.33. The zero-order valence-electron chi connectivity index (χ0n) is 44.3. The molecular formula is C76H59BN2. The molecule has 4 aliphatic carbocycles. The maximum Gasteiger partial charge on any atom is 0.252 e. The van der Waals surface area contributed by atoms with Gasteiger partial charge in [-0.25, -0.2) is 0 Å². The van der Waals surface area contributed by atoms with Gasteiger partial charge in [0.15, 0.2) is 0 Å². The molecule has 4 saturated carbocycles. The number of hydrogen-bond acceptors (Lipinski definition) is 2. The lowest BCUT2D eigenvalue weighted by Gasteiger charge is -2.57. The summed E-state index contributed by atoms with van der Waals surface area (Å²) in [5.41, 5.74) is 27.6. The van der Waals surface area contributed by atoms with Crippen LogP contribution in [0.15, 0.2) is 267 Å². The van der Waals surface area contributed by atoms with Gasteiger partial charge in [0, 0.05) is 45.0 Å². The van der Waals surface area contributed by atoms with Gasteiger partial charge in [0.05, 0.1) is 11.4 Å². The Kier molecular flexibility index (Phi) is 10.9. The van der Waals surface area contributed by atoms with Gasteiger partial charge in [-0.2, -0.15) is 0 Å². The van der Waals surface area contributed by atoms with E-state index in [1.165, 1.54) is 161 Å². The summed E-state index contributed by atoms with van der Waals surface area (Å²) in [4.78, 5) is 5.50. The Bertz CT molecular complexity index is 3710. The van der Waals surface area contributed by atoms with Crippen molar-refractivity contribution in [1.82, 2.24) is 0 Å². The van der Waals surface area contributed by atoms with E-state index in [-0.39, 0.29) is 12.1 Å². The summed E-state index contributed by atoms with van der Waals surface area (Å²) in [5.74, 6) is 2.33. The molecule has 3 heteroatoms. The van der Waals surface area contributed by atoms with Crippen LogP contribution in [0.25, 0.3) is 66.8 Å². The molecule has 0 N–H and O–H groups in total. The van der Waals surface area contributed by atoms with Gasteiger partial charge in [-0.1, -0.05) is 243 Å². The standard InChI is InChI=1S/C76H59BN2/c1-7-21-54(22-8-1)60-37-39-69-67(44-60)77-68-45-61(55-23-9-2-10-24-55)38-40-70(68)79(75-65(58-29-15-5-16-30-58)35-20-36-66(75)59-31-17-6-18-32-59)72-47-62(76-48-51-41-52(49-76)43-53(42-51)50-76)46-71(73(72)77)78(69)74-63(56-25-11-3-12-26-56)33-19-34-64(74)57-27-13-4-14-28-57/h1-40,44-47,51-53H,41-43,48-50H2. The molecule has 11 aromatic carbocycles. The van der Waals surface area contributed by atoms with E-state index in [2.05, 4.69) is 277 Å². The Labute approximate surface area is 465 Å². The summed E-state index contributed by atoms with van der Waals surface area (Å²) in [6, 6.07) is 101. The molecule has 2 heterocycles. The van der Waals surface area contributed by atoms with Crippen LogP contribution in [-0.2, 0) is 5.41 Å². The van der Waals surface area contributed by atoms with Gasteiger partial charge in [-0.15, -0.1) is 0 Å². The highest BCUT2D eigenvalue weighted by Gasteiger charge is 2.53. The third-order valence-electron chi connectivity index (χ3n) is 18.8. The smallest absolute Gasteiger partial charge is 0.252 e. The number of para-hydroxylation sites is 2. The first-order valence-corrected chi connectivity index (χ1v) is 28.8. The summed E-state index contributed by atoms with van der Waals surface area (Å²) in [6.45, 7) is -0.103. The first kappa shape index (κ1) is 46.2. The summed E-state index contributed by atoms with van der Waals surface area (Å²) < 4.78 is 0. The Morgan fingerprint density at radius 3 is 0.937 bits per heavy atom. The average molecular weight is 1010 g/mol. The van der Waals surface area contributed by atoms with Gasteiger partial charge in [-0.3, -0.25) is 0 Å². The summed E-state index contributed by atoms with van der Waals surface area (Å²) in [7, 11) is 0. The number of rotatable bonds is 9. The number of fused-ring (bicyclic) bond motifs is 4. The number of nitrogens with zero attached hydrogens (tertiary/aromatic N) is 2. The second-order valence-corrected chi connectivity index (χ2v) is 23.4. The minimum Gasteiger partial charge on any atom is -0.310 e. The van der Waals surface area contributed by atoms with Crippen LogP contribution in [0.2, 0.25) is 0 Å². The summed E-state index contributed by atoms with van der Waals surface area (Å²) in [5, 5.41) is 0. The van der Waals surface area contributed by atoms with Crippen molar-refractivity contribution in [3.05, 3.63) is 272 Å². The third kappa shape index (κ3) is 7.61. The number of anilines is 6. The van der Waals surface area contributed by atoms with Gasteiger partial charge in [0.25, 0.3) is 6.71 Å². The summed E-state index contributed by atoms with van der Waals surface area (Å²) >= 11 is 0. The minimum absolute atomic E-state index is 0.0877. The molecule has 0 radical (unpaired) electrons. The van der Waals surface area contributed by atoms with E-state index in [4.69, 9.17) is 0 Å². The van der Waals surface area contributed by atoms with Gasteiger partial charge in [0.1, 0.15) is 0 Å². The van der Waals surface area contributed by atoms with Gasteiger partial charge in [-0.05, 0) is 152 Å². The van der Waals surface area contributed by atoms with Gasteiger partial charge < -0.3 is 9.80 Å². The largest absolute Gasteiger partial charge is 0.310 e. The summed E-state index contributed by atoms with van der Waals surface area (Å²) in [6.07, 6.45) is 7.96. The quantitative estimate of drug-likeness (QED) is 0.133. The highest BCUT2D eigenvalue weighted by Crippen LogP contribution is 2.62. The Morgan fingerprint density at radius 2 is 0.608 bits per heavy atom. The molecular weight excluding hydrogens is 952 g/mol. The minimum atomic E-state index is -0.103. The van der Waals surface area contributed by atoms with Crippen molar-refractivity contribution in [2.45, 2.75) is 43.9 Å². The van der Waals surface area contributed by atoms with Gasteiger partial charge >= 0.3 is 0 Å². The fourth-order valence-electron chi connectivity index (χ4n) is 15.8. The fourth-order valence-corrected chi connectivity index (χ4v) is 15.8. The zero-order valence-corrected chi connectivity index (χ0v) is 44.3. The van der Waals surface area contributed by atoms with Crippen molar-refractivity contribution < 1.29 is 0 Å². The molecule has 17 rings (SSSR count). The molecule has 2 nitrogen and oxygen atoms in total. The van der Waals surface area contributed by atoms with Crippen LogP contribution in [0, 0.1) is 17.8 Å². The molecule has 0 spiro atoms. The molecule has 376 valence electrons. The predicted octanol–water partition coefficient (Wildman–Crippen LogP) is 18.2. The van der Waals surface area contributed by atoms with E-state index >= 15 is 0 Å². The zero-order chi connectivity index (χ0) is 52.0. The van der Waals surface area contributed by atoms with Crippen LogP contribution in [0.5, 0.6) is 0 Å². The molecule has 0 atom stereocenters. The first-order valence-electron chi connectivity index (χ1n) is 28.8. The fraction of sp³-hybridized carbons (Fsp3) is 0.132. The molecule has 4 fully saturated rings. The van der Waals surface area contributed by atoms with Crippen LogP contribution < -0.4 is 26.2 Å². The van der Waals surface area contributed by atoms with Crippen molar-refractivity contribution in [2.24, 2.45) is 17.8 Å². The van der Waals surface area contributed by atoms with E-state index < -0.39 is 0 Å². The Balaban J connectivity index is 1.08. The van der Waals surface area contributed by atoms with E-state index in [0.717, 1.165) is 17.8 Å². The molecule has 0 unspecified atom stereocenters. The van der Waals surface area contributed by atoms with Crippen molar-refractivity contribution >= 4 is 57.2 Å². The topological polar surface area (TPSA) is 6.48 Å². The molecule has 2 aliphatic heterocycles. The monoisotopic (exact) mass is 1010 g/mol. The Morgan fingerprint density at radius 1 is 0.291 bits per heavy atom. The third-order valence-corrected chi connectivity index (χ3v) is 18.8. The van der Waals surface area contributed by atoms with Crippen LogP contribution in [-0.4, -0.2) is 6.71 Å². The Hall–Kier alpha value is -8.92. The van der Waals surface area contributed by atoms with Crippen LogP contribution in [0.3, 0.4) is 0 Å². The van der Waals surface area contributed by atoms with Crippen LogP contribution in [0.4, 0.5) is 34.1 Å². The molecule has 0 saturated heterocycles. The average Bonchev–Trinajstić information content (AvgIpc) is 3.68.